The summed E-state index contributed by atoms with van der Waals surface area (Å²) in [6.07, 6.45) is 0. The molecule has 4 rings (SSSR count). The molecule has 0 atom stereocenters. The van der Waals surface area contributed by atoms with E-state index in [1.807, 2.05) is 6.07 Å². The summed E-state index contributed by atoms with van der Waals surface area (Å²) in [5, 5.41) is 2.74. The SMILES string of the molecule is CN(c1ccccc1)S(=O)(=O)c1cccc(C(=O)Nc2ccc3c(c2)OCO3)c1. The highest BCUT2D eigenvalue weighted by Gasteiger charge is 2.22. The van der Waals surface area contributed by atoms with Gasteiger partial charge in [-0.3, -0.25) is 9.10 Å². The van der Waals surface area contributed by atoms with E-state index in [4.69, 9.17) is 9.47 Å². The fourth-order valence-corrected chi connectivity index (χ4v) is 4.15. The molecule has 0 aliphatic carbocycles. The Morgan fingerprint density at radius 3 is 2.48 bits per heavy atom. The van der Waals surface area contributed by atoms with Crippen molar-refractivity contribution in [1.82, 2.24) is 0 Å². The van der Waals surface area contributed by atoms with Gasteiger partial charge >= 0.3 is 0 Å². The first-order chi connectivity index (χ1) is 13.9. The molecular formula is C21H18N2O5S. The average Bonchev–Trinajstić information content (AvgIpc) is 3.22. The van der Waals surface area contributed by atoms with Crippen molar-refractivity contribution in [1.29, 1.82) is 0 Å². The molecule has 1 aliphatic heterocycles. The lowest BCUT2D eigenvalue weighted by Gasteiger charge is -2.19. The van der Waals surface area contributed by atoms with Crippen LogP contribution in [-0.4, -0.2) is 28.2 Å². The Hall–Kier alpha value is -3.52. The van der Waals surface area contributed by atoms with Crippen LogP contribution in [0.25, 0.3) is 0 Å². The van der Waals surface area contributed by atoms with Gasteiger partial charge in [0.25, 0.3) is 15.9 Å². The van der Waals surface area contributed by atoms with Crippen LogP contribution in [0.15, 0.2) is 77.7 Å². The lowest BCUT2D eigenvalue weighted by Crippen LogP contribution is -2.26. The van der Waals surface area contributed by atoms with E-state index in [0.29, 0.717) is 22.9 Å². The van der Waals surface area contributed by atoms with Crippen molar-refractivity contribution in [3.8, 4) is 11.5 Å². The fraction of sp³-hybridized carbons (Fsp3) is 0.0952. The third-order valence-corrected chi connectivity index (χ3v) is 6.29. The highest BCUT2D eigenvalue weighted by Crippen LogP contribution is 2.34. The second-order valence-corrected chi connectivity index (χ2v) is 8.33. The number of hydrogen-bond acceptors (Lipinski definition) is 5. The summed E-state index contributed by atoms with van der Waals surface area (Å²) in [6.45, 7) is 0.140. The van der Waals surface area contributed by atoms with E-state index in [1.165, 1.54) is 23.5 Å². The number of amides is 1. The van der Waals surface area contributed by atoms with Crippen LogP contribution in [0.1, 0.15) is 10.4 Å². The summed E-state index contributed by atoms with van der Waals surface area (Å²) in [6, 6.07) is 19.7. The molecule has 0 bridgehead atoms. The molecule has 0 spiro atoms. The number of hydrogen-bond donors (Lipinski definition) is 1. The number of carbonyl (C=O) groups excluding carboxylic acids is 1. The van der Waals surface area contributed by atoms with Gasteiger partial charge in [-0.15, -0.1) is 0 Å². The molecular weight excluding hydrogens is 392 g/mol. The van der Waals surface area contributed by atoms with Gasteiger partial charge in [0.05, 0.1) is 10.6 Å². The largest absolute Gasteiger partial charge is 0.454 e. The molecule has 0 unspecified atom stereocenters. The van der Waals surface area contributed by atoms with Crippen LogP contribution in [0.3, 0.4) is 0 Å². The van der Waals surface area contributed by atoms with Crippen molar-refractivity contribution in [2.24, 2.45) is 0 Å². The van der Waals surface area contributed by atoms with Gasteiger partial charge in [0.15, 0.2) is 11.5 Å². The van der Waals surface area contributed by atoms with Gasteiger partial charge in [0, 0.05) is 24.4 Å². The van der Waals surface area contributed by atoms with Gasteiger partial charge in [-0.05, 0) is 42.5 Å². The van der Waals surface area contributed by atoms with E-state index in [1.54, 1.807) is 54.6 Å². The number of ether oxygens (including phenoxy) is 2. The van der Waals surface area contributed by atoms with Crippen LogP contribution < -0.4 is 19.1 Å². The maximum atomic E-state index is 13.0. The normalized spacial score (nSPS) is 12.4. The van der Waals surface area contributed by atoms with Gasteiger partial charge in [-0.1, -0.05) is 24.3 Å². The first-order valence-electron chi connectivity index (χ1n) is 8.80. The first-order valence-corrected chi connectivity index (χ1v) is 10.2. The Morgan fingerprint density at radius 2 is 1.69 bits per heavy atom. The summed E-state index contributed by atoms with van der Waals surface area (Å²) in [5.74, 6) is 0.729. The standard InChI is InChI=1S/C21H18N2O5S/c1-23(17-7-3-2-4-8-17)29(25,26)18-9-5-6-15(12-18)21(24)22-16-10-11-19-20(13-16)28-14-27-19/h2-13H,14H2,1H3,(H,22,24). The van der Waals surface area contributed by atoms with Crippen molar-refractivity contribution >= 4 is 27.3 Å². The van der Waals surface area contributed by atoms with Crippen LogP contribution in [0, 0.1) is 0 Å². The lowest BCUT2D eigenvalue weighted by atomic mass is 10.2. The van der Waals surface area contributed by atoms with Gasteiger partial charge in [-0.25, -0.2) is 8.42 Å². The fourth-order valence-electron chi connectivity index (χ4n) is 2.91. The minimum Gasteiger partial charge on any atom is -0.454 e. The average molecular weight is 410 g/mol. The zero-order valence-corrected chi connectivity index (χ0v) is 16.3. The smallest absolute Gasteiger partial charge is 0.264 e. The number of fused-ring (bicyclic) bond motifs is 1. The van der Waals surface area contributed by atoms with Crippen LogP contribution in [0.5, 0.6) is 11.5 Å². The highest BCUT2D eigenvalue weighted by molar-refractivity contribution is 7.92. The third kappa shape index (κ3) is 3.74. The third-order valence-electron chi connectivity index (χ3n) is 4.50. The Morgan fingerprint density at radius 1 is 0.931 bits per heavy atom. The minimum atomic E-state index is -3.81. The second kappa shape index (κ2) is 7.48. The molecule has 8 heteroatoms. The predicted molar refractivity (Wildman–Crippen MR) is 109 cm³/mol. The zero-order chi connectivity index (χ0) is 20.4. The van der Waals surface area contributed by atoms with E-state index in [0.717, 1.165) is 0 Å². The van der Waals surface area contributed by atoms with Crippen molar-refractivity contribution in [2.45, 2.75) is 4.90 Å². The Bertz CT molecular complexity index is 1160. The minimum absolute atomic E-state index is 0.0298. The molecule has 1 N–H and O–H groups in total. The lowest BCUT2D eigenvalue weighted by molar-refractivity contribution is 0.102. The summed E-state index contributed by atoms with van der Waals surface area (Å²) in [7, 11) is -2.34. The first kappa shape index (κ1) is 18.8. The Kier molecular flexibility index (Phi) is 4.85. The van der Waals surface area contributed by atoms with Gasteiger partial charge in [-0.2, -0.15) is 0 Å². The Labute approximate surface area is 168 Å². The van der Waals surface area contributed by atoms with Crippen LogP contribution >= 0.6 is 0 Å². The summed E-state index contributed by atoms with van der Waals surface area (Å²) in [4.78, 5) is 12.7. The maximum Gasteiger partial charge on any atom is 0.264 e. The number of benzene rings is 3. The highest BCUT2D eigenvalue weighted by atomic mass is 32.2. The molecule has 0 saturated carbocycles. The number of anilines is 2. The molecule has 148 valence electrons. The Balaban J connectivity index is 1.57. The van der Waals surface area contributed by atoms with E-state index >= 15 is 0 Å². The number of para-hydroxylation sites is 1. The molecule has 1 aliphatic rings. The number of carbonyl (C=O) groups is 1. The van der Waals surface area contributed by atoms with E-state index in [-0.39, 0.29) is 17.3 Å². The van der Waals surface area contributed by atoms with Crippen LogP contribution in [0.2, 0.25) is 0 Å². The van der Waals surface area contributed by atoms with Crippen molar-refractivity contribution < 1.29 is 22.7 Å². The molecule has 1 amide bonds. The zero-order valence-electron chi connectivity index (χ0n) is 15.5. The molecule has 29 heavy (non-hydrogen) atoms. The summed E-state index contributed by atoms with van der Waals surface area (Å²) < 4.78 is 37.6. The molecule has 0 saturated heterocycles. The topological polar surface area (TPSA) is 84.9 Å². The molecule has 3 aromatic rings. The van der Waals surface area contributed by atoms with Gasteiger partial charge < -0.3 is 14.8 Å². The molecule has 0 aromatic heterocycles. The number of sulfonamides is 1. The van der Waals surface area contributed by atoms with Crippen molar-refractivity contribution in [2.75, 3.05) is 23.5 Å². The van der Waals surface area contributed by atoms with Gasteiger partial charge in [0.2, 0.25) is 6.79 Å². The second-order valence-electron chi connectivity index (χ2n) is 6.36. The van der Waals surface area contributed by atoms with E-state index in [2.05, 4.69) is 5.32 Å². The number of nitrogens with zero attached hydrogens (tertiary/aromatic N) is 1. The quantitative estimate of drug-likeness (QED) is 0.696. The monoisotopic (exact) mass is 410 g/mol. The van der Waals surface area contributed by atoms with E-state index < -0.39 is 15.9 Å². The molecule has 3 aromatic carbocycles. The van der Waals surface area contributed by atoms with Gasteiger partial charge in [0.1, 0.15) is 0 Å². The number of nitrogens with one attached hydrogen (secondary N) is 1. The molecule has 0 radical (unpaired) electrons. The van der Waals surface area contributed by atoms with Crippen molar-refractivity contribution in [3.05, 3.63) is 78.4 Å². The van der Waals surface area contributed by atoms with Crippen LogP contribution in [-0.2, 0) is 10.0 Å². The predicted octanol–water partition coefficient (Wildman–Crippen LogP) is 3.49. The summed E-state index contributed by atoms with van der Waals surface area (Å²) >= 11 is 0. The summed E-state index contributed by atoms with van der Waals surface area (Å²) in [5.41, 5.74) is 1.28. The molecule has 1 heterocycles. The van der Waals surface area contributed by atoms with Crippen molar-refractivity contribution in [3.63, 3.8) is 0 Å². The molecule has 7 nitrogen and oxygen atoms in total. The maximum absolute atomic E-state index is 13.0. The molecule has 0 fully saturated rings. The number of rotatable bonds is 5. The van der Waals surface area contributed by atoms with E-state index in [9.17, 15) is 13.2 Å². The van der Waals surface area contributed by atoms with Crippen LogP contribution in [0.4, 0.5) is 11.4 Å².